The highest BCUT2D eigenvalue weighted by atomic mass is 16.5. The molecule has 2 aromatic rings. The summed E-state index contributed by atoms with van der Waals surface area (Å²) in [5.74, 6) is 3.66. The summed E-state index contributed by atoms with van der Waals surface area (Å²) in [5, 5.41) is 6.50. The summed E-state index contributed by atoms with van der Waals surface area (Å²) in [6, 6.07) is 5.94. The fourth-order valence-corrected chi connectivity index (χ4v) is 3.04. The lowest BCUT2D eigenvalue weighted by Gasteiger charge is -2.19. The van der Waals surface area contributed by atoms with Gasteiger partial charge in [-0.05, 0) is 51.6 Å². The van der Waals surface area contributed by atoms with Gasteiger partial charge in [-0.1, -0.05) is 19.9 Å². The summed E-state index contributed by atoms with van der Waals surface area (Å²) in [5.41, 5.74) is 1.94. The molecule has 31 heavy (non-hydrogen) atoms. The summed E-state index contributed by atoms with van der Waals surface area (Å²) in [6.45, 7) is 15.5. The van der Waals surface area contributed by atoms with Crippen molar-refractivity contribution >= 4 is 5.96 Å². The maximum atomic E-state index is 5.94. The van der Waals surface area contributed by atoms with Gasteiger partial charge in [0, 0.05) is 13.1 Å². The molecule has 172 valence electrons. The van der Waals surface area contributed by atoms with E-state index < -0.39 is 0 Å². The zero-order chi connectivity index (χ0) is 22.6. The highest BCUT2D eigenvalue weighted by Crippen LogP contribution is 2.28. The van der Waals surface area contributed by atoms with E-state index in [0.717, 1.165) is 54.7 Å². The minimum Gasteiger partial charge on any atom is -0.493 e. The molecule has 1 aromatic carbocycles. The zero-order valence-electron chi connectivity index (χ0n) is 19.7. The van der Waals surface area contributed by atoms with Gasteiger partial charge in [0.25, 0.3) is 0 Å². The van der Waals surface area contributed by atoms with Gasteiger partial charge in [-0.25, -0.2) is 9.98 Å². The van der Waals surface area contributed by atoms with E-state index in [2.05, 4.69) is 39.4 Å². The molecule has 2 N–H and O–H groups in total. The number of hydrogen-bond acceptors (Lipinski definition) is 6. The van der Waals surface area contributed by atoms with Crippen molar-refractivity contribution in [1.29, 1.82) is 0 Å². The Kier molecular flexibility index (Phi) is 10.2. The first kappa shape index (κ1) is 24.5. The van der Waals surface area contributed by atoms with E-state index in [-0.39, 0.29) is 0 Å². The van der Waals surface area contributed by atoms with Crippen molar-refractivity contribution in [3.63, 3.8) is 0 Å². The molecule has 0 spiro atoms. The van der Waals surface area contributed by atoms with Crippen LogP contribution in [0.15, 0.2) is 27.6 Å². The average Bonchev–Trinajstić information content (AvgIpc) is 3.10. The summed E-state index contributed by atoms with van der Waals surface area (Å²) in [4.78, 5) is 11.4. The standard InChI is InChI=1S/C23H37N5O3/c1-7-24-23(26-16-22-27-17(4)18(5)31-22)25-15-19-10-11-20(21(14-19)29-6)30-13-12-28(8-2)9-3/h10-11,14H,7-9,12-13,15-16H2,1-6H3,(H2,24,25,26). The van der Waals surface area contributed by atoms with Gasteiger partial charge in [0.1, 0.15) is 12.4 Å². The number of hydrogen-bond donors (Lipinski definition) is 2. The fraction of sp³-hybridized carbons (Fsp3) is 0.565. The number of nitrogens with one attached hydrogen (secondary N) is 2. The number of likely N-dealkylation sites (N-methyl/N-ethyl adjacent to an activating group) is 1. The van der Waals surface area contributed by atoms with Crippen LogP contribution in [0.3, 0.4) is 0 Å². The van der Waals surface area contributed by atoms with Crippen molar-refractivity contribution in [3.05, 3.63) is 41.1 Å². The van der Waals surface area contributed by atoms with E-state index in [9.17, 15) is 0 Å². The number of aliphatic imine (C=N–C) groups is 1. The summed E-state index contributed by atoms with van der Waals surface area (Å²) in [7, 11) is 1.66. The second kappa shape index (κ2) is 12.8. The third kappa shape index (κ3) is 7.79. The van der Waals surface area contributed by atoms with E-state index in [4.69, 9.17) is 13.9 Å². The number of guanidine groups is 1. The van der Waals surface area contributed by atoms with Crippen LogP contribution in [-0.2, 0) is 13.1 Å². The van der Waals surface area contributed by atoms with E-state index in [1.165, 1.54) is 0 Å². The summed E-state index contributed by atoms with van der Waals surface area (Å²) < 4.78 is 17.1. The van der Waals surface area contributed by atoms with Crippen LogP contribution >= 0.6 is 0 Å². The molecular weight excluding hydrogens is 394 g/mol. The topological polar surface area (TPSA) is 84.2 Å². The second-order valence-corrected chi connectivity index (χ2v) is 7.16. The molecule has 0 atom stereocenters. The molecule has 0 aliphatic carbocycles. The van der Waals surface area contributed by atoms with Crippen LogP contribution in [0.4, 0.5) is 0 Å². The van der Waals surface area contributed by atoms with Gasteiger partial charge in [-0.2, -0.15) is 0 Å². The van der Waals surface area contributed by atoms with Crippen LogP contribution in [0.5, 0.6) is 11.5 Å². The number of ether oxygens (including phenoxy) is 2. The predicted molar refractivity (Wildman–Crippen MR) is 124 cm³/mol. The highest BCUT2D eigenvalue weighted by Gasteiger charge is 2.09. The maximum Gasteiger partial charge on any atom is 0.214 e. The molecule has 0 radical (unpaired) electrons. The van der Waals surface area contributed by atoms with Crippen LogP contribution in [0.25, 0.3) is 0 Å². The molecule has 0 aliphatic heterocycles. The molecule has 0 saturated heterocycles. The first-order valence-electron chi connectivity index (χ1n) is 11.0. The molecule has 0 aliphatic rings. The van der Waals surface area contributed by atoms with Gasteiger partial charge >= 0.3 is 0 Å². The molecule has 0 amide bonds. The first-order chi connectivity index (χ1) is 15.0. The fourth-order valence-electron chi connectivity index (χ4n) is 3.04. The van der Waals surface area contributed by atoms with Crippen LogP contribution in [0.1, 0.15) is 43.7 Å². The number of methoxy groups -OCH3 is 1. The smallest absolute Gasteiger partial charge is 0.214 e. The maximum absolute atomic E-state index is 5.94. The Hall–Kier alpha value is -2.74. The number of oxazole rings is 1. The summed E-state index contributed by atoms with van der Waals surface area (Å²) in [6.07, 6.45) is 0. The number of aryl methyl sites for hydroxylation is 2. The monoisotopic (exact) mass is 431 g/mol. The normalized spacial score (nSPS) is 11.6. The lowest BCUT2D eigenvalue weighted by molar-refractivity contribution is 0.217. The van der Waals surface area contributed by atoms with Gasteiger partial charge < -0.3 is 29.4 Å². The molecule has 1 heterocycles. The molecule has 0 bridgehead atoms. The number of aromatic nitrogens is 1. The first-order valence-corrected chi connectivity index (χ1v) is 11.0. The third-order valence-electron chi connectivity index (χ3n) is 5.03. The molecular formula is C23H37N5O3. The SMILES string of the molecule is CCNC(=NCc1ccc(OCCN(CC)CC)c(OC)c1)NCc1nc(C)c(C)o1. The highest BCUT2D eigenvalue weighted by molar-refractivity contribution is 5.79. The van der Waals surface area contributed by atoms with E-state index in [0.29, 0.717) is 31.5 Å². The molecule has 0 fully saturated rings. The minimum absolute atomic E-state index is 0.475. The lowest BCUT2D eigenvalue weighted by Crippen LogP contribution is -2.36. The largest absolute Gasteiger partial charge is 0.493 e. The Morgan fingerprint density at radius 1 is 1.13 bits per heavy atom. The zero-order valence-corrected chi connectivity index (χ0v) is 19.7. The van der Waals surface area contributed by atoms with Crippen molar-refractivity contribution < 1.29 is 13.9 Å². The van der Waals surface area contributed by atoms with Gasteiger partial charge in [0.05, 0.1) is 25.9 Å². The van der Waals surface area contributed by atoms with Crippen LogP contribution in [-0.4, -0.2) is 55.7 Å². The van der Waals surface area contributed by atoms with Crippen molar-refractivity contribution in [2.45, 2.75) is 47.7 Å². The lowest BCUT2D eigenvalue weighted by atomic mass is 10.2. The van der Waals surface area contributed by atoms with Crippen molar-refractivity contribution in [3.8, 4) is 11.5 Å². The quantitative estimate of drug-likeness (QED) is 0.394. The van der Waals surface area contributed by atoms with Gasteiger partial charge in [-0.3, -0.25) is 0 Å². The van der Waals surface area contributed by atoms with Gasteiger partial charge in [0.2, 0.25) is 5.89 Å². The molecule has 8 heteroatoms. The van der Waals surface area contributed by atoms with E-state index >= 15 is 0 Å². The third-order valence-corrected chi connectivity index (χ3v) is 5.03. The Morgan fingerprint density at radius 2 is 1.90 bits per heavy atom. The summed E-state index contributed by atoms with van der Waals surface area (Å²) >= 11 is 0. The number of rotatable bonds is 12. The van der Waals surface area contributed by atoms with E-state index in [1.54, 1.807) is 7.11 Å². The van der Waals surface area contributed by atoms with Crippen molar-refractivity contribution in [2.75, 3.05) is 39.9 Å². The molecule has 8 nitrogen and oxygen atoms in total. The Balaban J connectivity index is 1.97. The minimum atomic E-state index is 0.475. The van der Waals surface area contributed by atoms with Gasteiger partial charge in [-0.15, -0.1) is 0 Å². The average molecular weight is 432 g/mol. The van der Waals surface area contributed by atoms with E-state index in [1.807, 2.05) is 39.0 Å². The van der Waals surface area contributed by atoms with Crippen molar-refractivity contribution in [2.24, 2.45) is 4.99 Å². The Bertz CT molecular complexity index is 811. The van der Waals surface area contributed by atoms with Crippen LogP contribution in [0, 0.1) is 13.8 Å². The Morgan fingerprint density at radius 3 is 2.52 bits per heavy atom. The van der Waals surface area contributed by atoms with Crippen molar-refractivity contribution in [1.82, 2.24) is 20.5 Å². The predicted octanol–water partition coefficient (Wildman–Crippen LogP) is 3.28. The molecule has 1 aromatic heterocycles. The molecule has 0 unspecified atom stereocenters. The molecule has 0 saturated carbocycles. The number of nitrogens with zero attached hydrogens (tertiary/aromatic N) is 3. The second-order valence-electron chi connectivity index (χ2n) is 7.16. The van der Waals surface area contributed by atoms with Crippen LogP contribution < -0.4 is 20.1 Å². The molecule has 2 rings (SSSR count). The van der Waals surface area contributed by atoms with Crippen LogP contribution in [0.2, 0.25) is 0 Å². The Labute approximate surface area is 186 Å². The van der Waals surface area contributed by atoms with Gasteiger partial charge in [0.15, 0.2) is 17.5 Å². The number of benzene rings is 1.